The van der Waals surface area contributed by atoms with Crippen LogP contribution in [-0.2, 0) is 17.8 Å². The van der Waals surface area contributed by atoms with Crippen molar-refractivity contribution in [3.63, 3.8) is 0 Å². The Labute approximate surface area is 185 Å². The van der Waals surface area contributed by atoms with Gasteiger partial charge in [-0.2, -0.15) is 5.10 Å². The second-order valence-electron chi connectivity index (χ2n) is 7.12. The number of nitrogens with zero attached hydrogens (tertiary/aromatic N) is 5. The summed E-state index contributed by atoms with van der Waals surface area (Å²) >= 11 is 1.36. The maximum absolute atomic E-state index is 12.7. The van der Waals surface area contributed by atoms with Crippen LogP contribution in [0.2, 0.25) is 0 Å². The maximum Gasteiger partial charge on any atom is 0.235 e. The summed E-state index contributed by atoms with van der Waals surface area (Å²) in [6, 6.07) is 20.1. The van der Waals surface area contributed by atoms with Crippen LogP contribution >= 0.6 is 11.8 Å². The number of nitrogens with one attached hydrogen (secondary N) is 1. The highest BCUT2D eigenvalue weighted by Crippen LogP contribution is 2.23. The number of aromatic nitrogens is 5. The van der Waals surface area contributed by atoms with Crippen LogP contribution in [0.5, 0.6) is 0 Å². The number of amides is 1. The van der Waals surface area contributed by atoms with Crippen molar-refractivity contribution in [1.29, 1.82) is 0 Å². The minimum Gasteiger partial charge on any atom is -0.310 e. The number of carbonyl (C=O) groups excluding carboxylic acids is 1. The average molecular weight is 433 g/mol. The van der Waals surface area contributed by atoms with Crippen molar-refractivity contribution >= 4 is 23.5 Å². The number of hydrogen-bond acceptors (Lipinski definition) is 5. The number of aryl methyl sites for hydroxylation is 2. The van der Waals surface area contributed by atoms with Crippen molar-refractivity contribution < 1.29 is 4.79 Å². The average Bonchev–Trinajstić information content (AvgIpc) is 3.39. The highest BCUT2D eigenvalue weighted by Gasteiger charge is 2.14. The van der Waals surface area contributed by atoms with Gasteiger partial charge in [-0.3, -0.25) is 9.36 Å². The van der Waals surface area contributed by atoms with Crippen LogP contribution in [-0.4, -0.2) is 36.2 Å². The van der Waals surface area contributed by atoms with E-state index in [2.05, 4.69) is 33.6 Å². The summed E-state index contributed by atoms with van der Waals surface area (Å²) in [6.45, 7) is 4.63. The molecule has 2 aromatic carbocycles. The SMILES string of the molecule is CCc1ccccc1-n1cnnc1SCC(=O)Nc1cc(C)nn1Cc1ccccc1. The van der Waals surface area contributed by atoms with Gasteiger partial charge >= 0.3 is 0 Å². The van der Waals surface area contributed by atoms with E-state index in [1.807, 2.05) is 70.8 Å². The lowest BCUT2D eigenvalue weighted by molar-refractivity contribution is -0.113. The Morgan fingerprint density at radius 3 is 2.68 bits per heavy atom. The zero-order valence-electron chi connectivity index (χ0n) is 17.5. The first kappa shape index (κ1) is 20.9. The van der Waals surface area contributed by atoms with Gasteiger partial charge in [0.25, 0.3) is 0 Å². The van der Waals surface area contributed by atoms with Crippen LogP contribution in [0.4, 0.5) is 5.82 Å². The van der Waals surface area contributed by atoms with Gasteiger partial charge in [0.2, 0.25) is 5.91 Å². The van der Waals surface area contributed by atoms with Crippen molar-refractivity contribution in [2.75, 3.05) is 11.1 Å². The van der Waals surface area contributed by atoms with E-state index >= 15 is 0 Å². The third kappa shape index (κ3) is 5.03. The first-order valence-electron chi connectivity index (χ1n) is 10.1. The molecule has 0 aliphatic carbocycles. The maximum atomic E-state index is 12.7. The number of hydrogen-bond donors (Lipinski definition) is 1. The van der Waals surface area contributed by atoms with Crippen molar-refractivity contribution in [3.8, 4) is 5.69 Å². The van der Waals surface area contributed by atoms with Crippen LogP contribution in [0.25, 0.3) is 5.69 Å². The van der Waals surface area contributed by atoms with E-state index < -0.39 is 0 Å². The lowest BCUT2D eigenvalue weighted by Crippen LogP contribution is -2.18. The third-order valence-electron chi connectivity index (χ3n) is 4.83. The van der Waals surface area contributed by atoms with E-state index in [-0.39, 0.29) is 11.7 Å². The molecular weight excluding hydrogens is 408 g/mol. The Kier molecular flexibility index (Phi) is 6.47. The molecule has 0 aliphatic heterocycles. The van der Waals surface area contributed by atoms with Gasteiger partial charge in [0, 0.05) is 6.07 Å². The van der Waals surface area contributed by atoms with E-state index in [4.69, 9.17) is 0 Å². The van der Waals surface area contributed by atoms with E-state index in [0.29, 0.717) is 17.5 Å². The molecule has 158 valence electrons. The van der Waals surface area contributed by atoms with Gasteiger partial charge in [0.15, 0.2) is 5.16 Å². The molecule has 4 rings (SSSR count). The lowest BCUT2D eigenvalue weighted by atomic mass is 10.1. The number of benzene rings is 2. The van der Waals surface area contributed by atoms with Crippen LogP contribution in [0.1, 0.15) is 23.7 Å². The summed E-state index contributed by atoms with van der Waals surface area (Å²) in [5, 5.41) is 16.4. The minimum absolute atomic E-state index is 0.113. The van der Waals surface area contributed by atoms with Crippen molar-refractivity contribution in [3.05, 3.63) is 83.8 Å². The zero-order chi connectivity index (χ0) is 21.6. The summed E-state index contributed by atoms with van der Waals surface area (Å²) in [4.78, 5) is 12.7. The molecule has 2 heterocycles. The molecule has 4 aromatic rings. The summed E-state index contributed by atoms with van der Waals surface area (Å²) in [6.07, 6.45) is 2.59. The van der Waals surface area contributed by atoms with Gasteiger partial charge in [0.05, 0.1) is 23.7 Å². The number of thioether (sulfide) groups is 1. The fourth-order valence-corrected chi connectivity index (χ4v) is 4.09. The molecule has 0 saturated carbocycles. The first-order chi connectivity index (χ1) is 15.1. The molecule has 8 heteroatoms. The fraction of sp³-hybridized carbons (Fsp3) is 0.217. The molecule has 2 aromatic heterocycles. The summed E-state index contributed by atoms with van der Waals surface area (Å²) in [7, 11) is 0. The van der Waals surface area contributed by atoms with Gasteiger partial charge < -0.3 is 5.32 Å². The third-order valence-corrected chi connectivity index (χ3v) is 5.77. The molecule has 0 spiro atoms. The van der Waals surface area contributed by atoms with Crippen LogP contribution in [0.3, 0.4) is 0 Å². The number of anilines is 1. The highest BCUT2D eigenvalue weighted by molar-refractivity contribution is 7.99. The first-order valence-corrected chi connectivity index (χ1v) is 11.1. The number of rotatable bonds is 8. The van der Waals surface area contributed by atoms with Crippen molar-refractivity contribution in [1.82, 2.24) is 24.5 Å². The van der Waals surface area contributed by atoms with Crippen LogP contribution in [0, 0.1) is 6.92 Å². The normalized spacial score (nSPS) is 10.9. The Morgan fingerprint density at radius 2 is 1.87 bits per heavy atom. The summed E-state index contributed by atoms with van der Waals surface area (Å²) < 4.78 is 3.74. The Morgan fingerprint density at radius 1 is 1.10 bits per heavy atom. The standard InChI is InChI=1S/C23H24N6OS/c1-3-19-11-7-8-12-20(19)28-16-24-26-23(28)31-15-22(30)25-21-13-17(2)27-29(21)14-18-9-5-4-6-10-18/h4-13,16H,3,14-15H2,1-2H3,(H,25,30). The molecule has 0 atom stereocenters. The van der Waals surface area contributed by atoms with Crippen molar-refractivity contribution in [2.45, 2.75) is 32.0 Å². The molecule has 0 saturated heterocycles. The zero-order valence-corrected chi connectivity index (χ0v) is 18.3. The smallest absolute Gasteiger partial charge is 0.235 e. The van der Waals surface area contributed by atoms with Gasteiger partial charge in [0.1, 0.15) is 12.1 Å². The Hall–Kier alpha value is -3.39. The fourth-order valence-electron chi connectivity index (χ4n) is 3.36. The van der Waals surface area contributed by atoms with Gasteiger partial charge in [-0.25, -0.2) is 4.68 Å². The number of para-hydroxylation sites is 1. The largest absolute Gasteiger partial charge is 0.310 e. The molecular formula is C23H24N6OS. The lowest BCUT2D eigenvalue weighted by Gasteiger charge is -2.11. The predicted molar refractivity (Wildman–Crippen MR) is 123 cm³/mol. The van der Waals surface area contributed by atoms with Gasteiger partial charge in [-0.05, 0) is 30.5 Å². The Bertz CT molecular complexity index is 1170. The van der Waals surface area contributed by atoms with E-state index in [1.165, 1.54) is 17.3 Å². The summed E-state index contributed by atoms with van der Waals surface area (Å²) in [5.74, 6) is 0.796. The summed E-state index contributed by atoms with van der Waals surface area (Å²) in [5.41, 5.74) is 4.22. The molecule has 0 unspecified atom stereocenters. The number of carbonyl (C=O) groups is 1. The molecule has 7 nitrogen and oxygen atoms in total. The van der Waals surface area contributed by atoms with Crippen LogP contribution in [0.15, 0.2) is 72.1 Å². The second kappa shape index (κ2) is 9.61. The molecule has 0 bridgehead atoms. The minimum atomic E-state index is -0.113. The van der Waals surface area contributed by atoms with Gasteiger partial charge in [-0.1, -0.05) is 67.2 Å². The molecule has 0 aliphatic rings. The Balaban J connectivity index is 1.43. The van der Waals surface area contributed by atoms with Crippen LogP contribution < -0.4 is 5.32 Å². The molecule has 0 radical (unpaired) electrons. The van der Waals surface area contributed by atoms with E-state index in [9.17, 15) is 4.79 Å². The highest BCUT2D eigenvalue weighted by atomic mass is 32.2. The molecule has 1 N–H and O–H groups in total. The topological polar surface area (TPSA) is 77.6 Å². The van der Waals surface area contributed by atoms with E-state index in [0.717, 1.165) is 23.4 Å². The van der Waals surface area contributed by atoms with Gasteiger partial charge in [-0.15, -0.1) is 10.2 Å². The molecule has 31 heavy (non-hydrogen) atoms. The quantitative estimate of drug-likeness (QED) is 0.424. The second-order valence-corrected chi connectivity index (χ2v) is 8.06. The van der Waals surface area contributed by atoms with E-state index in [1.54, 1.807) is 6.33 Å². The predicted octanol–water partition coefficient (Wildman–Crippen LogP) is 4.11. The molecule has 0 fully saturated rings. The monoisotopic (exact) mass is 432 g/mol. The molecule has 1 amide bonds. The van der Waals surface area contributed by atoms with Crippen molar-refractivity contribution in [2.24, 2.45) is 0 Å².